The van der Waals surface area contributed by atoms with E-state index < -0.39 is 0 Å². The minimum absolute atomic E-state index is 0.252. The molecule has 40 heavy (non-hydrogen) atoms. The van der Waals surface area contributed by atoms with Crippen molar-refractivity contribution in [3.63, 3.8) is 0 Å². The van der Waals surface area contributed by atoms with Gasteiger partial charge in [-0.2, -0.15) is 0 Å². The molecular formula is C38H27NO. The molecule has 5 aromatic carbocycles. The second-order valence-corrected chi connectivity index (χ2v) is 11.2. The van der Waals surface area contributed by atoms with E-state index in [-0.39, 0.29) is 5.41 Å². The lowest BCUT2D eigenvalue weighted by atomic mass is 9.68. The predicted octanol–water partition coefficient (Wildman–Crippen LogP) is 9.14. The summed E-state index contributed by atoms with van der Waals surface area (Å²) in [6, 6.07) is 37.9. The van der Waals surface area contributed by atoms with Crippen LogP contribution in [0.3, 0.4) is 0 Å². The quantitative estimate of drug-likeness (QED) is 0.251. The second-order valence-electron chi connectivity index (χ2n) is 11.2. The van der Waals surface area contributed by atoms with E-state index in [0.717, 1.165) is 40.3 Å². The first-order chi connectivity index (χ1) is 19.8. The fraction of sp³-hybridized carbons (Fsp3) is 0.105. The summed E-state index contributed by atoms with van der Waals surface area (Å²) in [5, 5.41) is 2.25. The van der Waals surface area contributed by atoms with E-state index in [1.165, 1.54) is 50.1 Å². The highest BCUT2D eigenvalue weighted by Gasteiger charge is 2.52. The highest BCUT2D eigenvalue weighted by atomic mass is 16.3. The fourth-order valence-corrected chi connectivity index (χ4v) is 7.94. The number of allylic oxidation sites excluding steroid dienone is 4. The van der Waals surface area contributed by atoms with Crippen LogP contribution in [0.5, 0.6) is 0 Å². The monoisotopic (exact) mass is 513 g/mol. The van der Waals surface area contributed by atoms with E-state index >= 15 is 0 Å². The number of hydrogen-bond acceptors (Lipinski definition) is 2. The Morgan fingerprint density at radius 1 is 0.700 bits per heavy atom. The standard InChI is InChI=1S/C38H27NO/c39-22-24-9-7-18-35-36(24)29-21-23(19-20-34(29)40-35)25-13-8-17-33-37(25)28-12-3-6-16-32(28)38(33)30-14-4-1-10-26(30)27-11-2-5-15-31(27)38/h1-4,6-14,16-21H,5,15,22,39H2. The van der Waals surface area contributed by atoms with E-state index in [1.54, 1.807) is 5.57 Å². The third kappa shape index (κ3) is 2.62. The molecule has 0 fully saturated rings. The van der Waals surface area contributed by atoms with Gasteiger partial charge in [-0.25, -0.2) is 0 Å². The molecule has 1 aromatic heterocycles. The summed E-state index contributed by atoms with van der Waals surface area (Å²) in [6.07, 6.45) is 6.86. The second kappa shape index (κ2) is 7.94. The summed E-state index contributed by atoms with van der Waals surface area (Å²) in [4.78, 5) is 0. The van der Waals surface area contributed by atoms with Gasteiger partial charge in [0.1, 0.15) is 11.2 Å². The molecule has 0 saturated carbocycles. The molecule has 2 N–H and O–H groups in total. The van der Waals surface area contributed by atoms with Crippen LogP contribution >= 0.6 is 0 Å². The molecular weight excluding hydrogens is 486 g/mol. The molecule has 1 spiro atoms. The molecule has 0 bridgehead atoms. The van der Waals surface area contributed by atoms with Crippen LogP contribution in [-0.2, 0) is 12.0 Å². The van der Waals surface area contributed by atoms with Gasteiger partial charge in [-0.15, -0.1) is 0 Å². The van der Waals surface area contributed by atoms with E-state index in [9.17, 15) is 0 Å². The van der Waals surface area contributed by atoms with Crippen molar-refractivity contribution in [2.75, 3.05) is 0 Å². The Morgan fingerprint density at radius 3 is 2.33 bits per heavy atom. The van der Waals surface area contributed by atoms with Gasteiger partial charge in [0, 0.05) is 17.3 Å². The Morgan fingerprint density at radius 2 is 1.45 bits per heavy atom. The van der Waals surface area contributed by atoms with Crippen molar-refractivity contribution in [1.29, 1.82) is 0 Å². The number of fused-ring (bicyclic) bond motifs is 12. The molecule has 190 valence electrons. The number of nitrogens with two attached hydrogens (primary N) is 1. The van der Waals surface area contributed by atoms with Gasteiger partial charge in [0.05, 0.1) is 5.41 Å². The summed E-state index contributed by atoms with van der Waals surface area (Å²) in [7, 11) is 0. The van der Waals surface area contributed by atoms with Crippen molar-refractivity contribution < 1.29 is 4.42 Å². The highest BCUT2D eigenvalue weighted by molar-refractivity contribution is 6.09. The predicted molar refractivity (Wildman–Crippen MR) is 164 cm³/mol. The van der Waals surface area contributed by atoms with Gasteiger partial charge in [-0.05, 0) is 92.3 Å². The van der Waals surface area contributed by atoms with Crippen molar-refractivity contribution >= 4 is 27.5 Å². The molecule has 0 aliphatic heterocycles. The minimum Gasteiger partial charge on any atom is -0.456 e. The smallest absolute Gasteiger partial charge is 0.135 e. The van der Waals surface area contributed by atoms with Crippen molar-refractivity contribution in [3.8, 4) is 22.3 Å². The average molecular weight is 514 g/mol. The van der Waals surface area contributed by atoms with Crippen LogP contribution in [-0.4, -0.2) is 0 Å². The Labute approximate surface area is 233 Å². The van der Waals surface area contributed by atoms with Crippen LogP contribution < -0.4 is 5.73 Å². The SMILES string of the molecule is NCc1cccc2oc3ccc(-c4cccc5c4-c4ccccc4C54C5=C(C=CCC5)c5ccccc54)cc3c12. The Bertz CT molecular complexity index is 2110. The fourth-order valence-electron chi connectivity index (χ4n) is 7.94. The molecule has 0 amide bonds. The van der Waals surface area contributed by atoms with Crippen LogP contribution in [0.2, 0.25) is 0 Å². The molecule has 1 heterocycles. The maximum Gasteiger partial charge on any atom is 0.135 e. The topological polar surface area (TPSA) is 39.2 Å². The molecule has 2 nitrogen and oxygen atoms in total. The molecule has 6 aromatic rings. The summed E-state index contributed by atoms with van der Waals surface area (Å²) >= 11 is 0. The Hall–Kier alpha value is -4.66. The third-order valence-electron chi connectivity index (χ3n) is 9.43. The number of furan rings is 1. The van der Waals surface area contributed by atoms with E-state index in [1.807, 2.05) is 12.1 Å². The number of benzene rings is 5. The van der Waals surface area contributed by atoms with Gasteiger partial charge in [0.15, 0.2) is 0 Å². The van der Waals surface area contributed by atoms with Gasteiger partial charge in [-0.3, -0.25) is 0 Å². The molecule has 3 aliphatic carbocycles. The van der Waals surface area contributed by atoms with Crippen LogP contribution in [0, 0.1) is 0 Å². The summed E-state index contributed by atoms with van der Waals surface area (Å²) in [6.45, 7) is 0.484. The van der Waals surface area contributed by atoms with E-state index in [4.69, 9.17) is 10.2 Å². The van der Waals surface area contributed by atoms with Crippen molar-refractivity contribution in [2.24, 2.45) is 5.73 Å². The first-order valence-corrected chi connectivity index (χ1v) is 14.2. The van der Waals surface area contributed by atoms with Crippen LogP contribution in [0.4, 0.5) is 0 Å². The minimum atomic E-state index is -0.252. The van der Waals surface area contributed by atoms with Gasteiger partial charge >= 0.3 is 0 Å². The van der Waals surface area contributed by atoms with Crippen LogP contribution in [0.15, 0.2) is 125 Å². The Kier molecular flexibility index (Phi) is 4.40. The summed E-state index contributed by atoms with van der Waals surface area (Å²) in [5.41, 5.74) is 22.5. The molecule has 0 radical (unpaired) electrons. The van der Waals surface area contributed by atoms with E-state index in [2.05, 4.69) is 103 Å². The lowest BCUT2D eigenvalue weighted by molar-refractivity contribution is 0.668. The van der Waals surface area contributed by atoms with Crippen molar-refractivity contribution in [1.82, 2.24) is 0 Å². The zero-order chi connectivity index (χ0) is 26.4. The first kappa shape index (κ1) is 22.2. The normalized spacial score (nSPS) is 18.4. The molecule has 1 atom stereocenters. The van der Waals surface area contributed by atoms with Crippen molar-refractivity contribution in [2.45, 2.75) is 24.8 Å². The molecule has 9 rings (SSSR count). The molecule has 0 saturated heterocycles. The summed E-state index contributed by atoms with van der Waals surface area (Å²) < 4.78 is 6.24. The van der Waals surface area contributed by atoms with Crippen LogP contribution in [0.25, 0.3) is 49.8 Å². The maximum absolute atomic E-state index is 6.24. The van der Waals surface area contributed by atoms with Crippen LogP contribution in [0.1, 0.15) is 40.7 Å². The van der Waals surface area contributed by atoms with E-state index in [0.29, 0.717) is 6.54 Å². The van der Waals surface area contributed by atoms with Gasteiger partial charge in [0.25, 0.3) is 0 Å². The zero-order valence-electron chi connectivity index (χ0n) is 22.1. The maximum atomic E-state index is 6.24. The lowest BCUT2D eigenvalue weighted by Gasteiger charge is -2.33. The highest BCUT2D eigenvalue weighted by Crippen LogP contribution is 2.64. The van der Waals surface area contributed by atoms with Gasteiger partial charge in [-0.1, -0.05) is 97.1 Å². The third-order valence-corrected chi connectivity index (χ3v) is 9.43. The summed E-state index contributed by atoms with van der Waals surface area (Å²) in [5.74, 6) is 0. The first-order valence-electron chi connectivity index (χ1n) is 14.2. The number of hydrogen-bond donors (Lipinski definition) is 1. The van der Waals surface area contributed by atoms with Gasteiger partial charge in [0.2, 0.25) is 0 Å². The van der Waals surface area contributed by atoms with Crippen molar-refractivity contribution in [3.05, 3.63) is 149 Å². The molecule has 1 unspecified atom stereocenters. The Balaban J connectivity index is 1.37. The lowest BCUT2D eigenvalue weighted by Crippen LogP contribution is -2.27. The molecule has 3 aliphatic rings. The molecule has 2 heteroatoms. The zero-order valence-corrected chi connectivity index (χ0v) is 22.1. The average Bonchev–Trinajstić information content (AvgIpc) is 3.65. The number of rotatable bonds is 2. The van der Waals surface area contributed by atoms with Gasteiger partial charge < -0.3 is 10.2 Å². The largest absolute Gasteiger partial charge is 0.456 e.